The van der Waals surface area contributed by atoms with Gasteiger partial charge in [-0.15, -0.1) is 12.4 Å². The van der Waals surface area contributed by atoms with Gasteiger partial charge >= 0.3 is 0 Å². The van der Waals surface area contributed by atoms with E-state index in [1.54, 1.807) is 0 Å². The third kappa shape index (κ3) is 2.06. The zero-order valence-corrected chi connectivity index (χ0v) is 9.70. The lowest BCUT2D eigenvalue weighted by atomic mass is 9.73. The summed E-state index contributed by atoms with van der Waals surface area (Å²) in [4.78, 5) is 0. The quantitative estimate of drug-likeness (QED) is 0.826. The molecule has 2 rings (SSSR count). The topological polar surface area (TPSA) is 26.0 Å². The monoisotopic (exact) mass is 261 g/mol. The van der Waals surface area contributed by atoms with Crippen LogP contribution < -0.4 is 5.73 Å². The molecular weight excluding hydrogens is 249 g/mol. The van der Waals surface area contributed by atoms with Gasteiger partial charge in [-0.3, -0.25) is 0 Å². The van der Waals surface area contributed by atoms with E-state index in [-0.39, 0.29) is 17.9 Å². The molecule has 1 aliphatic rings. The van der Waals surface area contributed by atoms with Gasteiger partial charge in [-0.25, -0.2) is 0 Å². The fourth-order valence-electron chi connectivity index (χ4n) is 1.64. The van der Waals surface area contributed by atoms with Crippen LogP contribution in [0.25, 0.3) is 0 Å². The average molecular weight is 263 g/mol. The maximum absolute atomic E-state index is 6.17. The van der Waals surface area contributed by atoms with Crippen molar-refractivity contribution in [2.75, 3.05) is 0 Å². The Kier molecular flexibility index (Phi) is 3.38. The van der Waals surface area contributed by atoms with Gasteiger partial charge in [-0.1, -0.05) is 28.1 Å². The minimum absolute atomic E-state index is 0. The van der Waals surface area contributed by atoms with Gasteiger partial charge in [0.15, 0.2) is 0 Å². The molecule has 0 radical (unpaired) electrons. The van der Waals surface area contributed by atoms with Gasteiger partial charge in [0, 0.05) is 10.0 Å². The molecule has 13 heavy (non-hydrogen) atoms. The highest BCUT2D eigenvalue weighted by Crippen LogP contribution is 2.39. The summed E-state index contributed by atoms with van der Waals surface area (Å²) in [5.74, 6) is 0. The van der Waals surface area contributed by atoms with Crippen LogP contribution in [0.3, 0.4) is 0 Å². The van der Waals surface area contributed by atoms with E-state index < -0.39 is 0 Å². The Morgan fingerprint density at radius 2 is 2.00 bits per heavy atom. The molecule has 1 aliphatic carbocycles. The van der Waals surface area contributed by atoms with E-state index in [1.807, 2.05) is 12.1 Å². The van der Waals surface area contributed by atoms with Gasteiger partial charge in [0.05, 0.1) is 0 Å². The Morgan fingerprint density at radius 3 is 2.46 bits per heavy atom. The first-order valence-corrected chi connectivity index (χ1v) is 5.05. The van der Waals surface area contributed by atoms with Crippen molar-refractivity contribution >= 4 is 28.3 Å². The molecular formula is C10H13BrClN. The van der Waals surface area contributed by atoms with Crippen LogP contribution in [0.5, 0.6) is 0 Å². The second-order valence-corrected chi connectivity index (χ2v) is 4.44. The lowest BCUT2D eigenvalue weighted by Gasteiger charge is -2.38. The van der Waals surface area contributed by atoms with Crippen LogP contribution in [0.4, 0.5) is 0 Å². The Hall–Kier alpha value is -0.0500. The second-order valence-electron chi connectivity index (χ2n) is 3.52. The molecule has 3 heteroatoms. The number of benzene rings is 1. The number of nitrogens with two attached hydrogens (primary N) is 1. The van der Waals surface area contributed by atoms with Crippen molar-refractivity contribution in [3.05, 3.63) is 34.3 Å². The predicted octanol–water partition coefficient (Wildman–Crippen LogP) is 3.21. The number of hydrogen-bond acceptors (Lipinski definition) is 1. The van der Waals surface area contributed by atoms with Crippen LogP contribution in [0, 0.1) is 0 Å². The van der Waals surface area contributed by atoms with Crippen LogP contribution in [0.15, 0.2) is 28.7 Å². The molecule has 0 spiro atoms. The van der Waals surface area contributed by atoms with E-state index in [1.165, 1.54) is 12.0 Å². The van der Waals surface area contributed by atoms with Crippen LogP contribution >= 0.6 is 28.3 Å². The van der Waals surface area contributed by atoms with Gasteiger partial charge in [-0.2, -0.15) is 0 Å². The zero-order valence-electron chi connectivity index (χ0n) is 7.29. The number of halogens is 2. The van der Waals surface area contributed by atoms with Crippen molar-refractivity contribution in [1.82, 2.24) is 0 Å². The van der Waals surface area contributed by atoms with Crippen molar-refractivity contribution in [3.8, 4) is 0 Å². The number of rotatable bonds is 1. The molecule has 2 N–H and O–H groups in total. The summed E-state index contributed by atoms with van der Waals surface area (Å²) in [7, 11) is 0. The van der Waals surface area contributed by atoms with Crippen molar-refractivity contribution in [1.29, 1.82) is 0 Å². The minimum atomic E-state index is -0.0240. The average Bonchev–Trinajstić information content (AvgIpc) is 2.00. The first-order chi connectivity index (χ1) is 5.71. The summed E-state index contributed by atoms with van der Waals surface area (Å²) < 4.78 is 1.12. The highest BCUT2D eigenvalue weighted by atomic mass is 79.9. The van der Waals surface area contributed by atoms with E-state index in [2.05, 4.69) is 28.1 Å². The van der Waals surface area contributed by atoms with Gasteiger partial charge in [0.2, 0.25) is 0 Å². The van der Waals surface area contributed by atoms with Crippen LogP contribution in [-0.4, -0.2) is 0 Å². The predicted molar refractivity (Wildman–Crippen MR) is 61.1 cm³/mol. The Balaban J connectivity index is 0.000000845. The fourth-order valence-corrected chi connectivity index (χ4v) is 2.04. The lowest BCUT2D eigenvalue weighted by Crippen LogP contribution is -2.43. The van der Waals surface area contributed by atoms with E-state index >= 15 is 0 Å². The summed E-state index contributed by atoms with van der Waals surface area (Å²) in [6, 6.07) is 8.32. The lowest BCUT2D eigenvalue weighted by molar-refractivity contribution is 0.253. The molecule has 1 nitrogen and oxygen atoms in total. The zero-order chi connectivity index (χ0) is 8.60. The van der Waals surface area contributed by atoms with Gasteiger partial charge in [-0.05, 0) is 37.0 Å². The van der Waals surface area contributed by atoms with Crippen LogP contribution in [0.1, 0.15) is 24.8 Å². The van der Waals surface area contributed by atoms with Crippen molar-refractivity contribution < 1.29 is 0 Å². The van der Waals surface area contributed by atoms with E-state index in [9.17, 15) is 0 Å². The maximum atomic E-state index is 6.17. The molecule has 0 aromatic heterocycles. The number of hydrogen-bond donors (Lipinski definition) is 1. The Morgan fingerprint density at radius 1 is 1.31 bits per heavy atom. The van der Waals surface area contributed by atoms with Gasteiger partial charge in [0.25, 0.3) is 0 Å². The molecule has 1 saturated carbocycles. The molecule has 0 unspecified atom stereocenters. The second kappa shape index (κ2) is 3.99. The highest BCUT2D eigenvalue weighted by molar-refractivity contribution is 9.10. The van der Waals surface area contributed by atoms with Crippen LogP contribution in [0.2, 0.25) is 0 Å². The molecule has 1 aromatic carbocycles. The molecule has 0 bridgehead atoms. The minimum Gasteiger partial charge on any atom is -0.321 e. The van der Waals surface area contributed by atoms with Crippen LogP contribution in [-0.2, 0) is 5.54 Å². The normalized spacial score (nSPS) is 18.6. The molecule has 72 valence electrons. The molecule has 1 aromatic rings. The summed E-state index contributed by atoms with van der Waals surface area (Å²) in [6.07, 6.45) is 3.52. The first kappa shape index (κ1) is 11.0. The van der Waals surface area contributed by atoms with E-state index in [4.69, 9.17) is 5.73 Å². The third-order valence-electron chi connectivity index (χ3n) is 2.65. The largest absolute Gasteiger partial charge is 0.321 e. The van der Waals surface area contributed by atoms with E-state index in [0.29, 0.717) is 0 Å². The molecule has 0 saturated heterocycles. The SMILES string of the molecule is Cl.NC1(c2cccc(Br)c2)CCC1. The third-order valence-corrected chi connectivity index (χ3v) is 3.14. The molecule has 1 fully saturated rings. The Bertz CT molecular complexity index is 297. The van der Waals surface area contributed by atoms with E-state index in [0.717, 1.165) is 17.3 Å². The Labute approximate surface area is 93.2 Å². The fraction of sp³-hybridized carbons (Fsp3) is 0.400. The van der Waals surface area contributed by atoms with Gasteiger partial charge in [0.1, 0.15) is 0 Å². The highest BCUT2D eigenvalue weighted by Gasteiger charge is 2.34. The standard InChI is InChI=1S/C10H12BrN.ClH/c11-9-4-1-3-8(7-9)10(12)5-2-6-10;/h1,3-4,7H,2,5-6,12H2;1H. The summed E-state index contributed by atoms with van der Waals surface area (Å²) >= 11 is 3.45. The summed E-state index contributed by atoms with van der Waals surface area (Å²) in [5, 5.41) is 0. The van der Waals surface area contributed by atoms with Crippen molar-refractivity contribution in [3.63, 3.8) is 0 Å². The maximum Gasteiger partial charge on any atom is 0.0410 e. The summed E-state index contributed by atoms with van der Waals surface area (Å²) in [5.41, 5.74) is 7.41. The van der Waals surface area contributed by atoms with Crippen molar-refractivity contribution in [2.24, 2.45) is 5.73 Å². The smallest absolute Gasteiger partial charge is 0.0410 e. The van der Waals surface area contributed by atoms with Crippen molar-refractivity contribution in [2.45, 2.75) is 24.8 Å². The first-order valence-electron chi connectivity index (χ1n) is 4.26. The summed E-state index contributed by atoms with van der Waals surface area (Å²) in [6.45, 7) is 0. The molecule has 0 aliphatic heterocycles. The van der Waals surface area contributed by atoms with Gasteiger partial charge < -0.3 is 5.73 Å². The molecule has 0 heterocycles. The molecule has 0 amide bonds. The molecule has 0 atom stereocenters.